The molecule has 0 spiro atoms. The van der Waals surface area contributed by atoms with E-state index < -0.39 is 97.5 Å². The lowest BCUT2D eigenvalue weighted by atomic mass is 10.0. The molecule has 594 valence electrons. The third-order valence-electron chi connectivity index (χ3n) is 17.7. The summed E-state index contributed by atoms with van der Waals surface area (Å²) in [5.41, 5.74) is 0. The quantitative estimate of drug-likeness (QED) is 0.0169. The van der Waals surface area contributed by atoms with Crippen LogP contribution in [-0.4, -0.2) is 96.7 Å². The van der Waals surface area contributed by atoms with Gasteiger partial charge in [-0.25, -0.2) is 9.13 Å². The van der Waals surface area contributed by atoms with Gasteiger partial charge in [-0.1, -0.05) is 325 Å². The normalized spacial score (nSPS) is 14.2. The molecule has 0 aliphatic rings. The van der Waals surface area contributed by atoms with Gasteiger partial charge in [0.15, 0.2) is 12.2 Å². The third kappa shape index (κ3) is 74.8. The molecule has 0 fully saturated rings. The summed E-state index contributed by atoms with van der Waals surface area (Å²) in [5.74, 6) is -2.22. The second-order valence-electron chi connectivity index (χ2n) is 27.7. The van der Waals surface area contributed by atoms with Crippen molar-refractivity contribution in [1.82, 2.24) is 0 Å². The molecule has 0 aliphatic heterocycles. The Morgan fingerprint density at radius 3 is 0.794 bits per heavy atom. The molecule has 0 bridgehead atoms. The highest BCUT2D eigenvalue weighted by Gasteiger charge is 2.30. The molecule has 0 aromatic carbocycles. The standard InChI is InChI=1S/C83H150O17P2/c1-5-9-13-17-21-25-29-33-37-38-42-44-48-52-56-60-64-68-81(86)94-74-79(100-83(88)70-66-62-58-54-50-46-41-36-32-28-24-20-16-12-8-4)76-98-102(91,92)96-72-77(84)71-95-101(89,90)97-75-78(99-82(87)69-65-61-57-53-49-45-40-35-31-27-23-19-15-11-7-3)73-93-80(85)67-63-59-55-51-47-43-39-34-30-26-22-18-14-10-6-2/h21,23,25,27,33,35,37,40,42,44,52,56,77-79,84H,5-20,22,24,26,28-32,34,36,38-39,41,43,45-51,53-55,57-76H2,1-4H3,(H,89,90)(H,91,92)/b25-21-,27-23-,37-33-,40-35-,44-42-,56-52-/t77-,78+,79+/m0/s1. The van der Waals surface area contributed by atoms with Crippen LogP contribution in [-0.2, 0) is 65.4 Å². The number of hydrogen-bond donors (Lipinski definition) is 3. The van der Waals surface area contributed by atoms with Crippen LogP contribution in [0, 0.1) is 0 Å². The van der Waals surface area contributed by atoms with Crippen molar-refractivity contribution in [2.75, 3.05) is 39.6 Å². The van der Waals surface area contributed by atoms with E-state index in [4.69, 9.17) is 37.0 Å². The van der Waals surface area contributed by atoms with Crippen LogP contribution in [0.4, 0.5) is 0 Å². The van der Waals surface area contributed by atoms with Gasteiger partial charge >= 0.3 is 39.5 Å². The largest absolute Gasteiger partial charge is 0.472 e. The zero-order valence-electron chi connectivity index (χ0n) is 65.0. The van der Waals surface area contributed by atoms with Crippen molar-refractivity contribution in [2.45, 2.75) is 393 Å². The van der Waals surface area contributed by atoms with E-state index in [1.165, 1.54) is 173 Å². The number of aliphatic hydroxyl groups excluding tert-OH is 1. The van der Waals surface area contributed by atoms with Crippen LogP contribution in [0.15, 0.2) is 72.9 Å². The molecule has 17 nitrogen and oxygen atoms in total. The summed E-state index contributed by atoms with van der Waals surface area (Å²) < 4.78 is 68.6. The second kappa shape index (κ2) is 75.7. The molecule has 0 rings (SSSR count). The van der Waals surface area contributed by atoms with Crippen molar-refractivity contribution >= 4 is 39.5 Å². The van der Waals surface area contributed by atoms with E-state index in [1.54, 1.807) is 0 Å². The van der Waals surface area contributed by atoms with E-state index in [2.05, 4.69) is 88.5 Å². The average molecular weight is 1480 g/mol. The third-order valence-corrected chi connectivity index (χ3v) is 19.6. The molecule has 19 heteroatoms. The Morgan fingerprint density at radius 1 is 0.275 bits per heavy atom. The highest BCUT2D eigenvalue weighted by molar-refractivity contribution is 7.47. The van der Waals surface area contributed by atoms with Gasteiger partial charge in [-0.3, -0.25) is 37.3 Å². The molecule has 0 saturated heterocycles. The number of hydrogen-bond acceptors (Lipinski definition) is 15. The molecule has 0 saturated carbocycles. The highest BCUT2D eigenvalue weighted by atomic mass is 31.2. The van der Waals surface area contributed by atoms with Crippen LogP contribution < -0.4 is 0 Å². The zero-order valence-corrected chi connectivity index (χ0v) is 66.8. The molecule has 0 amide bonds. The number of rotatable bonds is 78. The van der Waals surface area contributed by atoms with E-state index in [1.807, 2.05) is 12.2 Å². The molecule has 0 aliphatic carbocycles. The lowest BCUT2D eigenvalue weighted by molar-refractivity contribution is -0.161. The first-order valence-corrected chi connectivity index (χ1v) is 44.2. The number of aliphatic hydroxyl groups is 1. The van der Waals surface area contributed by atoms with Gasteiger partial charge in [0.05, 0.1) is 26.4 Å². The lowest BCUT2D eigenvalue weighted by Crippen LogP contribution is -2.30. The molecule has 0 radical (unpaired) electrons. The maximum absolute atomic E-state index is 13.1. The molecule has 102 heavy (non-hydrogen) atoms. The number of carbonyl (C=O) groups is 4. The second-order valence-corrected chi connectivity index (χ2v) is 30.6. The van der Waals surface area contributed by atoms with Crippen LogP contribution >= 0.6 is 15.6 Å². The van der Waals surface area contributed by atoms with Crippen LogP contribution in [0.2, 0.25) is 0 Å². The van der Waals surface area contributed by atoms with Crippen molar-refractivity contribution < 1.29 is 80.2 Å². The van der Waals surface area contributed by atoms with Crippen molar-refractivity contribution in [3.63, 3.8) is 0 Å². The Kier molecular flexibility index (Phi) is 73.1. The summed E-state index contributed by atoms with van der Waals surface area (Å²) in [6.07, 6.45) is 77.3. The van der Waals surface area contributed by atoms with E-state index >= 15 is 0 Å². The summed E-state index contributed by atoms with van der Waals surface area (Å²) in [7, 11) is -9.96. The van der Waals surface area contributed by atoms with E-state index in [0.717, 1.165) is 116 Å². The molecule has 0 aromatic heterocycles. The SMILES string of the molecule is CCCCC/C=C\C/C=C\C/C=C\C/C=C\CCCC(=O)OC[C@H](COP(=O)(O)OC[C@@H](O)COP(=O)(O)OC[C@@H](COC(=O)CCCCCCCCCCCCCCCCC)OC(=O)CCCCCCC/C=C\C/C=C\CCCCC)OC(=O)CCCCCCCCCCCCCCCCC. The van der Waals surface area contributed by atoms with E-state index in [0.29, 0.717) is 32.1 Å². The Labute approximate surface area is 622 Å². The fourth-order valence-corrected chi connectivity index (χ4v) is 12.9. The monoisotopic (exact) mass is 1480 g/mol. The van der Waals surface area contributed by atoms with Gasteiger partial charge in [-0.05, 0) is 96.3 Å². The van der Waals surface area contributed by atoms with Gasteiger partial charge in [0.25, 0.3) is 0 Å². The number of esters is 4. The highest BCUT2D eigenvalue weighted by Crippen LogP contribution is 2.45. The number of phosphoric acid groups is 2. The summed E-state index contributed by atoms with van der Waals surface area (Å²) in [6.45, 7) is 4.83. The molecule has 2 unspecified atom stereocenters. The van der Waals surface area contributed by atoms with Crippen molar-refractivity contribution in [2.24, 2.45) is 0 Å². The van der Waals surface area contributed by atoms with E-state index in [-0.39, 0.29) is 25.7 Å². The van der Waals surface area contributed by atoms with Crippen LogP contribution in [0.25, 0.3) is 0 Å². The maximum Gasteiger partial charge on any atom is 0.472 e. The number of carbonyl (C=O) groups excluding carboxylic acids is 4. The van der Waals surface area contributed by atoms with Gasteiger partial charge in [0.2, 0.25) is 0 Å². The molecule has 5 atom stereocenters. The molecule has 3 N–H and O–H groups in total. The minimum absolute atomic E-state index is 0.0824. The fourth-order valence-electron chi connectivity index (χ4n) is 11.4. The van der Waals surface area contributed by atoms with Crippen LogP contribution in [0.1, 0.15) is 374 Å². The molecule has 0 aromatic rings. The number of phosphoric ester groups is 2. The average Bonchev–Trinajstić information content (AvgIpc) is 0.923. The minimum atomic E-state index is -4.98. The first kappa shape index (κ1) is 98.5. The van der Waals surface area contributed by atoms with Gasteiger partial charge in [-0.2, -0.15) is 0 Å². The number of allylic oxidation sites excluding steroid dienone is 12. The molecular formula is C83H150O17P2. The first-order valence-electron chi connectivity index (χ1n) is 41.2. The smallest absolute Gasteiger partial charge is 0.462 e. The first-order chi connectivity index (χ1) is 49.7. The van der Waals surface area contributed by atoms with Gasteiger partial charge in [-0.15, -0.1) is 0 Å². The van der Waals surface area contributed by atoms with Gasteiger partial charge in [0.1, 0.15) is 19.3 Å². The fraction of sp³-hybridized carbons (Fsp3) is 0.807. The molecular weight excluding hydrogens is 1330 g/mol. The van der Waals surface area contributed by atoms with Gasteiger partial charge < -0.3 is 33.8 Å². The summed E-state index contributed by atoms with van der Waals surface area (Å²) in [5, 5.41) is 10.6. The predicted octanol–water partition coefficient (Wildman–Crippen LogP) is 24.0. The predicted molar refractivity (Wildman–Crippen MR) is 418 cm³/mol. The molecule has 0 heterocycles. The Balaban J connectivity index is 5.38. The van der Waals surface area contributed by atoms with Crippen LogP contribution in [0.3, 0.4) is 0 Å². The van der Waals surface area contributed by atoms with Crippen molar-refractivity contribution in [1.29, 1.82) is 0 Å². The van der Waals surface area contributed by atoms with Gasteiger partial charge in [0, 0.05) is 25.7 Å². The lowest BCUT2D eigenvalue weighted by Gasteiger charge is -2.21. The minimum Gasteiger partial charge on any atom is -0.462 e. The topological polar surface area (TPSA) is 237 Å². The van der Waals surface area contributed by atoms with E-state index in [9.17, 15) is 43.2 Å². The summed E-state index contributed by atoms with van der Waals surface area (Å²) in [4.78, 5) is 73.0. The van der Waals surface area contributed by atoms with Crippen LogP contribution in [0.5, 0.6) is 0 Å². The Morgan fingerprint density at radius 2 is 0.490 bits per heavy atom. The Hall–Kier alpha value is -3.50. The summed E-state index contributed by atoms with van der Waals surface area (Å²) in [6, 6.07) is 0. The van der Waals surface area contributed by atoms with Crippen molar-refractivity contribution in [3.05, 3.63) is 72.9 Å². The van der Waals surface area contributed by atoms with Crippen molar-refractivity contribution in [3.8, 4) is 0 Å². The summed E-state index contributed by atoms with van der Waals surface area (Å²) >= 11 is 0. The maximum atomic E-state index is 13.1. The number of ether oxygens (including phenoxy) is 4. The zero-order chi connectivity index (χ0) is 74.6. The number of unbranched alkanes of at least 4 members (excludes halogenated alkanes) is 40. The Bertz CT molecular complexity index is 2210.